The highest BCUT2D eigenvalue weighted by Gasteiger charge is 2.26. The Kier molecular flexibility index (Phi) is 6.51. The van der Waals surface area contributed by atoms with E-state index in [2.05, 4.69) is 5.32 Å². The molecule has 3 aromatic rings. The predicted molar refractivity (Wildman–Crippen MR) is 106 cm³/mol. The second-order valence-corrected chi connectivity index (χ2v) is 6.61. The van der Waals surface area contributed by atoms with Gasteiger partial charge in [0, 0.05) is 17.6 Å². The smallest absolute Gasteiger partial charge is 0.375 e. The van der Waals surface area contributed by atoms with Gasteiger partial charge in [0.2, 0.25) is 5.76 Å². The molecule has 152 valence electrons. The van der Waals surface area contributed by atoms with Crippen molar-refractivity contribution in [2.45, 2.75) is 26.6 Å². The lowest BCUT2D eigenvalue weighted by molar-refractivity contribution is -0.123. The number of ether oxygens (including phenoxy) is 2. The molecule has 1 aromatic heterocycles. The van der Waals surface area contributed by atoms with E-state index in [1.165, 1.54) is 13.0 Å². The molecule has 0 radical (unpaired) electrons. The first kappa shape index (κ1) is 20.8. The monoisotopic (exact) mass is 419 g/mol. The maximum Gasteiger partial charge on any atom is 0.375 e. The fraction of sp³-hybridized carbons (Fsp3) is 0.238. The summed E-state index contributed by atoms with van der Waals surface area (Å²) in [6.45, 7) is 3.89. The average Bonchev–Trinajstić information content (AvgIpc) is 3.07. The topological polar surface area (TPSA) is 77.8 Å². The van der Waals surface area contributed by atoms with Crippen molar-refractivity contribution in [3.05, 3.63) is 64.6 Å². The minimum atomic E-state index is -1.14. The van der Waals surface area contributed by atoms with Crippen molar-refractivity contribution < 1.29 is 27.9 Å². The van der Waals surface area contributed by atoms with Crippen molar-refractivity contribution in [2.75, 3.05) is 11.9 Å². The molecule has 29 heavy (non-hydrogen) atoms. The summed E-state index contributed by atoms with van der Waals surface area (Å²) in [6.07, 6.45) is -1.14. The van der Waals surface area contributed by atoms with E-state index in [1.807, 2.05) is 19.1 Å². The number of hydrogen-bond acceptors (Lipinski definition) is 5. The van der Waals surface area contributed by atoms with E-state index >= 15 is 0 Å². The maximum atomic E-state index is 13.1. The molecule has 1 N–H and O–H groups in total. The molecule has 1 unspecified atom stereocenters. The van der Waals surface area contributed by atoms with Crippen LogP contribution in [-0.4, -0.2) is 24.6 Å². The SMILES string of the molecule is CCOCc1c(C(=O)OC(C)C(=O)Nc2ccc(F)cc2Cl)oc2ccccc12. The van der Waals surface area contributed by atoms with Crippen LogP contribution < -0.4 is 5.32 Å². The maximum absolute atomic E-state index is 13.1. The molecule has 3 rings (SSSR count). The van der Waals surface area contributed by atoms with Crippen LogP contribution in [0.2, 0.25) is 5.02 Å². The molecule has 1 amide bonds. The first-order valence-electron chi connectivity index (χ1n) is 8.95. The number of rotatable bonds is 7. The first-order valence-corrected chi connectivity index (χ1v) is 9.33. The van der Waals surface area contributed by atoms with Crippen molar-refractivity contribution in [1.29, 1.82) is 0 Å². The molecule has 2 aromatic carbocycles. The summed E-state index contributed by atoms with van der Waals surface area (Å²) in [5.41, 5.74) is 1.28. The third-order valence-electron chi connectivity index (χ3n) is 4.18. The first-order chi connectivity index (χ1) is 13.9. The van der Waals surface area contributed by atoms with Gasteiger partial charge in [-0.3, -0.25) is 4.79 Å². The number of hydrogen-bond donors (Lipinski definition) is 1. The molecule has 8 heteroatoms. The number of anilines is 1. The quantitative estimate of drug-likeness (QED) is 0.548. The zero-order chi connectivity index (χ0) is 21.0. The van der Waals surface area contributed by atoms with Gasteiger partial charge in [0.15, 0.2) is 6.10 Å². The third kappa shape index (κ3) is 4.75. The van der Waals surface area contributed by atoms with Crippen LogP contribution in [0.15, 0.2) is 46.9 Å². The second-order valence-electron chi connectivity index (χ2n) is 6.20. The second kappa shape index (κ2) is 9.07. The van der Waals surface area contributed by atoms with Crippen LogP contribution in [0.25, 0.3) is 11.0 Å². The number of amides is 1. The standard InChI is InChI=1S/C21H19ClFNO5/c1-3-27-11-15-14-6-4-5-7-18(14)29-19(15)21(26)28-12(2)20(25)24-17-9-8-13(23)10-16(17)22/h4-10,12H,3,11H2,1-2H3,(H,24,25). The largest absolute Gasteiger partial charge is 0.449 e. The van der Waals surface area contributed by atoms with Crippen LogP contribution in [0.4, 0.5) is 10.1 Å². The van der Waals surface area contributed by atoms with Crippen molar-refractivity contribution in [3.63, 3.8) is 0 Å². The normalized spacial score (nSPS) is 12.0. The van der Waals surface area contributed by atoms with E-state index in [0.717, 1.165) is 17.5 Å². The number of esters is 1. The third-order valence-corrected chi connectivity index (χ3v) is 4.49. The number of nitrogens with one attached hydrogen (secondary N) is 1. The lowest BCUT2D eigenvalue weighted by Crippen LogP contribution is -2.30. The minimum Gasteiger partial charge on any atom is -0.449 e. The van der Waals surface area contributed by atoms with Crippen LogP contribution in [0.5, 0.6) is 0 Å². The van der Waals surface area contributed by atoms with Crippen molar-refractivity contribution in [1.82, 2.24) is 0 Å². The number of benzene rings is 2. The molecule has 0 aliphatic heterocycles. The summed E-state index contributed by atoms with van der Waals surface area (Å²) < 4.78 is 29.5. The number of para-hydroxylation sites is 1. The van der Waals surface area contributed by atoms with Gasteiger partial charge < -0.3 is 19.2 Å². The van der Waals surface area contributed by atoms with Crippen LogP contribution in [0.1, 0.15) is 30.0 Å². The number of halogens is 2. The van der Waals surface area contributed by atoms with Gasteiger partial charge in [0.05, 0.1) is 17.3 Å². The average molecular weight is 420 g/mol. The van der Waals surface area contributed by atoms with Gasteiger partial charge in [-0.25, -0.2) is 9.18 Å². The Morgan fingerprint density at radius 2 is 2.00 bits per heavy atom. The Balaban J connectivity index is 1.76. The lowest BCUT2D eigenvalue weighted by Gasteiger charge is -2.14. The van der Waals surface area contributed by atoms with Crippen LogP contribution in [0, 0.1) is 5.82 Å². The van der Waals surface area contributed by atoms with Gasteiger partial charge in [-0.05, 0) is 38.1 Å². The Hall–Kier alpha value is -2.90. The summed E-state index contributed by atoms with van der Waals surface area (Å²) in [5.74, 6) is -1.95. The summed E-state index contributed by atoms with van der Waals surface area (Å²) in [6, 6.07) is 10.7. The molecule has 0 bridgehead atoms. The van der Waals surface area contributed by atoms with E-state index in [1.54, 1.807) is 12.1 Å². The molecule has 0 saturated heterocycles. The van der Waals surface area contributed by atoms with Crippen molar-refractivity contribution in [2.24, 2.45) is 0 Å². The Morgan fingerprint density at radius 3 is 2.72 bits per heavy atom. The molecule has 0 fully saturated rings. The highest BCUT2D eigenvalue weighted by atomic mass is 35.5. The summed E-state index contributed by atoms with van der Waals surface area (Å²) >= 11 is 5.90. The van der Waals surface area contributed by atoms with Gasteiger partial charge in [-0.15, -0.1) is 0 Å². The van der Waals surface area contributed by atoms with E-state index in [9.17, 15) is 14.0 Å². The van der Waals surface area contributed by atoms with Crippen molar-refractivity contribution >= 4 is 40.1 Å². The highest BCUT2D eigenvalue weighted by Crippen LogP contribution is 2.28. The van der Waals surface area contributed by atoms with Gasteiger partial charge in [0.25, 0.3) is 5.91 Å². The van der Waals surface area contributed by atoms with Crippen LogP contribution >= 0.6 is 11.6 Å². The van der Waals surface area contributed by atoms with Gasteiger partial charge >= 0.3 is 5.97 Å². The molecular formula is C21H19ClFNO5. The molecule has 6 nitrogen and oxygen atoms in total. The number of carbonyl (C=O) groups is 2. The van der Waals surface area contributed by atoms with E-state index < -0.39 is 23.8 Å². The summed E-state index contributed by atoms with van der Waals surface area (Å²) in [5, 5.41) is 3.27. The zero-order valence-electron chi connectivity index (χ0n) is 15.8. The number of fused-ring (bicyclic) bond motifs is 1. The van der Waals surface area contributed by atoms with Crippen molar-refractivity contribution in [3.8, 4) is 0 Å². The molecular weight excluding hydrogens is 401 g/mol. The lowest BCUT2D eigenvalue weighted by atomic mass is 10.1. The summed E-state index contributed by atoms with van der Waals surface area (Å²) in [7, 11) is 0. The molecule has 0 aliphatic rings. The van der Waals surface area contributed by atoms with E-state index in [4.69, 9.17) is 25.5 Å². The number of carbonyl (C=O) groups excluding carboxylic acids is 2. The molecule has 0 spiro atoms. The molecule has 1 atom stereocenters. The van der Waals surface area contributed by atoms with Gasteiger partial charge in [-0.1, -0.05) is 29.8 Å². The van der Waals surface area contributed by atoms with Gasteiger partial charge in [-0.2, -0.15) is 0 Å². The zero-order valence-corrected chi connectivity index (χ0v) is 16.6. The van der Waals surface area contributed by atoms with Gasteiger partial charge in [0.1, 0.15) is 11.4 Å². The highest BCUT2D eigenvalue weighted by molar-refractivity contribution is 6.33. The van der Waals surface area contributed by atoms with Crippen LogP contribution in [-0.2, 0) is 20.9 Å². The minimum absolute atomic E-state index is 0.0147. The Labute approximate surface area is 171 Å². The molecule has 1 heterocycles. The Morgan fingerprint density at radius 1 is 1.24 bits per heavy atom. The molecule has 0 aliphatic carbocycles. The Bertz CT molecular complexity index is 1050. The molecule has 0 saturated carbocycles. The van der Waals surface area contributed by atoms with E-state index in [0.29, 0.717) is 17.8 Å². The van der Waals surface area contributed by atoms with E-state index in [-0.39, 0.29) is 23.1 Å². The summed E-state index contributed by atoms with van der Waals surface area (Å²) in [4.78, 5) is 25.0. The fourth-order valence-corrected chi connectivity index (χ4v) is 2.92. The predicted octanol–water partition coefficient (Wildman–Crippen LogP) is 4.95. The van der Waals surface area contributed by atoms with Crippen LogP contribution in [0.3, 0.4) is 0 Å². The fourth-order valence-electron chi connectivity index (χ4n) is 2.70. The number of furan rings is 1.